The number of benzene rings is 1. The van der Waals surface area contributed by atoms with E-state index in [2.05, 4.69) is 11.8 Å². The van der Waals surface area contributed by atoms with Gasteiger partial charge in [0.1, 0.15) is 0 Å². The third-order valence-electron chi connectivity index (χ3n) is 3.32. The van der Waals surface area contributed by atoms with Crippen LogP contribution in [0.25, 0.3) is 6.08 Å². The lowest BCUT2D eigenvalue weighted by molar-refractivity contribution is -0.131. The molecular formula is C15H18ClNO3. The van der Waals surface area contributed by atoms with Gasteiger partial charge in [0.25, 0.3) is 0 Å². The largest absolute Gasteiger partial charge is 0.478 e. The zero-order chi connectivity index (χ0) is 14.5. The van der Waals surface area contributed by atoms with Crippen molar-refractivity contribution in [3.05, 3.63) is 34.9 Å². The second kappa shape index (κ2) is 6.77. The molecule has 20 heavy (non-hydrogen) atoms. The number of carbonyl (C=O) groups is 1. The number of carboxylic acid groups (broad SMARTS) is 1. The molecule has 0 aliphatic carbocycles. The maximum atomic E-state index is 10.5. The number of ether oxygens (including phenoxy) is 1. The second-order valence-electron chi connectivity index (χ2n) is 4.73. The van der Waals surface area contributed by atoms with Crippen molar-refractivity contribution < 1.29 is 14.6 Å². The smallest absolute Gasteiger partial charge is 0.328 e. The van der Waals surface area contributed by atoms with Gasteiger partial charge >= 0.3 is 5.97 Å². The van der Waals surface area contributed by atoms with Crippen LogP contribution in [0.5, 0.6) is 0 Å². The van der Waals surface area contributed by atoms with E-state index in [0.29, 0.717) is 11.6 Å². The fourth-order valence-corrected chi connectivity index (χ4v) is 2.54. The number of carboxylic acids is 1. The van der Waals surface area contributed by atoms with E-state index < -0.39 is 5.97 Å². The number of rotatable bonds is 4. The van der Waals surface area contributed by atoms with Gasteiger partial charge in [0.2, 0.25) is 0 Å². The molecule has 0 amide bonds. The first-order valence-electron chi connectivity index (χ1n) is 6.67. The van der Waals surface area contributed by atoms with Crippen LogP contribution in [0.15, 0.2) is 24.3 Å². The summed E-state index contributed by atoms with van der Waals surface area (Å²) in [5.41, 5.74) is 1.75. The van der Waals surface area contributed by atoms with Crippen LogP contribution in [0, 0.1) is 0 Å². The van der Waals surface area contributed by atoms with E-state index in [0.717, 1.165) is 36.8 Å². The average Bonchev–Trinajstić information content (AvgIpc) is 2.45. The molecule has 4 nitrogen and oxygen atoms in total. The number of hydrogen-bond acceptors (Lipinski definition) is 3. The lowest BCUT2D eigenvalue weighted by atomic mass is 10.1. The molecule has 0 radical (unpaired) electrons. The maximum Gasteiger partial charge on any atom is 0.328 e. The van der Waals surface area contributed by atoms with Gasteiger partial charge in [-0.15, -0.1) is 0 Å². The quantitative estimate of drug-likeness (QED) is 0.868. The Balaban J connectivity index is 2.15. The number of morpholine rings is 1. The van der Waals surface area contributed by atoms with Crippen LogP contribution >= 0.6 is 11.6 Å². The number of nitrogens with zero attached hydrogens (tertiary/aromatic N) is 1. The topological polar surface area (TPSA) is 49.8 Å². The zero-order valence-electron chi connectivity index (χ0n) is 11.4. The summed E-state index contributed by atoms with van der Waals surface area (Å²) in [5.74, 6) is -0.968. The number of halogens is 1. The highest BCUT2D eigenvalue weighted by Crippen LogP contribution is 2.29. The molecule has 0 spiro atoms. The Kier molecular flexibility index (Phi) is 5.04. The molecule has 1 heterocycles. The van der Waals surface area contributed by atoms with E-state index in [4.69, 9.17) is 21.4 Å². The molecule has 1 unspecified atom stereocenters. The summed E-state index contributed by atoms with van der Waals surface area (Å²) in [7, 11) is 0. The molecule has 0 saturated carbocycles. The Morgan fingerprint density at radius 1 is 1.60 bits per heavy atom. The molecule has 1 saturated heterocycles. The average molecular weight is 296 g/mol. The monoisotopic (exact) mass is 295 g/mol. The van der Waals surface area contributed by atoms with Gasteiger partial charge in [0.15, 0.2) is 0 Å². The predicted octanol–water partition coefficient (Wildman–Crippen LogP) is 3.05. The highest BCUT2D eigenvalue weighted by molar-refractivity contribution is 6.33. The summed E-state index contributed by atoms with van der Waals surface area (Å²) in [6, 6.07) is 5.59. The van der Waals surface area contributed by atoms with Crippen molar-refractivity contribution in [3.63, 3.8) is 0 Å². The highest BCUT2D eigenvalue weighted by atomic mass is 35.5. The van der Waals surface area contributed by atoms with E-state index in [1.807, 2.05) is 12.1 Å². The first kappa shape index (κ1) is 14.9. The Bertz CT molecular complexity index is 516. The van der Waals surface area contributed by atoms with Crippen LogP contribution in [0.1, 0.15) is 18.9 Å². The number of aliphatic carboxylic acids is 1. The van der Waals surface area contributed by atoms with Gasteiger partial charge in [0.05, 0.1) is 23.4 Å². The molecule has 1 atom stereocenters. The van der Waals surface area contributed by atoms with Crippen molar-refractivity contribution in [1.82, 2.24) is 0 Å². The molecule has 5 heteroatoms. The number of anilines is 1. The van der Waals surface area contributed by atoms with E-state index in [1.165, 1.54) is 6.08 Å². The Morgan fingerprint density at radius 2 is 2.40 bits per heavy atom. The van der Waals surface area contributed by atoms with Crippen molar-refractivity contribution >= 4 is 29.3 Å². The molecule has 108 valence electrons. The van der Waals surface area contributed by atoms with E-state index in [1.54, 1.807) is 6.07 Å². The molecule has 1 aromatic carbocycles. The van der Waals surface area contributed by atoms with Crippen LogP contribution in [0.4, 0.5) is 5.69 Å². The Hall–Kier alpha value is -1.52. The fraction of sp³-hybridized carbons (Fsp3) is 0.400. The zero-order valence-corrected chi connectivity index (χ0v) is 12.1. The molecule has 1 N–H and O–H groups in total. The minimum absolute atomic E-state index is 0.242. The predicted molar refractivity (Wildman–Crippen MR) is 80.4 cm³/mol. The fourth-order valence-electron chi connectivity index (χ4n) is 2.24. The van der Waals surface area contributed by atoms with Crippen LogP contribution in [0.2, 0.25) is 5.02 Å². The van der Waals surface area contributed by atoms with E-state index >= 15 is 0 Å². The molecule has 1 aromatic rings. The van der Waals surface area contributed by atoms with Crippen LogP contribution < -0.4 is 4.90 Å². The molecular weight excluding hydrogens is 278 g/mol. The first-order valence-corrected chi connectivity index (χ1v) is 7.05. The Morgan fingerprint density at radius 3 is 3.05 bits per heavy atom. The van der Waals surface area contributed by atoms with Gasteiger partial charge in [-0.25, -0.2) is 4.79 Å². The lowest BCUT2D eigenvalue weighted by Gasteiger charge is -2.34. The molecule has 1 fully saturated rings. The van der Waals surface area contributed by atoms with Crippen molar-refractivity contribution in [2.24, 2.45) is 0 Å². The standard InChI is InChI=1S/C15H18ClNO3/c1-2-12-10-17(7-8-20-12)14-5-3-11(9-13(14)16)4-6-15(18)19/h3-6,9,12H,2,7-8,10H2,1H3,(H,18,19)/b6-4+. The normalized spacial score (nSPS) is 19.5. The number of hydrogen-bond donors (Lipinski definition) is 1. The second-order valence-corrected chi connectivity index (χ2v) is 5.14. The molecule has 0 bridgehead atoms. The van der Waals surface area contributed by atoms with E-state index in [9.17, 15) is 4.79 Å². The van der Waals surface area contributed by atoms with Crippen LogP contribution in [-0.2, 0) is 9.53 Å². The van der Waals surface area contributed by atoms with Crippen molar-refractivity contribution in [1.29, 1.82) is 0 Å². The third-order valence-corrected chi connectivity index (χ3v) is 3.63. The molecule has 0 aromatic heterocycles. The van der Waals surface area contributed by atoms with Crippen molar-refractivity contribution in [2.45, 2.75) is 19.4 Å². The summed E-state index contributed by atoms with van der Waals surface area (Å²) in [6.07, 6.45) is 3.86. The summed E-state index contributed by atoms with van der Waals surface area (Å²) >= 11 is 6.31. The summed E-state index contributed by atoms with van der Waals surface area (Å²) < 4.78 is 5.65. The van der Waals surface area contributed by atoms with Crippen molar-refractivity contribution in [2.75, 3.05) is 24.6 Å². The van der Waals surface area contributed by atoms with Gasteiger partial charge in [-0.1, -0.05) is 24.6 Å². The lowest BCUT2D eigenvalue weighted by Crippen LogP contribution is -2.42. The van der Waals surface area contributed by atoms with Gasteiger partial charge < -0.3 is 14.7 Å². The van der Waals surface area contributed by atoms with Crippen LogP contribution in [0.3, 0.4) is 0 Å². The minimum atomic E-state index is -0.968. The van der Waals surface area contributed by atoms with Crippen LogP contribution in [-0.4, -0.2) is 36.9 Å². The summed E-state index contributed by atoms with van der Waals surface area (Å²) in [5, 5.41) is 9.25. The maximum absolute atomic E-state index is 10.5. The third kappa shape index (κ3) is 3.74. The van der Waals surface area contributed by atoms with Gasteiger partial charge in [-0.05, 0) is 30.2 Å². The van der Waals surface area contributed by atoms with Gasteiger partial charge in [-0.3, -0.25) is 0 Å². The summed E-state index contributed by atoms with van der Waals surface area (Å²) in [6.45, 7) is 4.46. The van der Waals surface area contributed by atoms with Gasteiger partial charge in [0, 0.05) is 19.2 Å². The molecule has 1 aliphatic heterocycles. The SMILES string of the molecule is CCC1CN(c2ccc(/C=C/C(=O)O)cc2Cl)CCO1. The first-order chi connectivity index (χ1) is 9.60. The highest BCUT2D eigenvalue weighted by Gasteiger charge is 2.20. The van der Waals surface area contributed by atoms with E-state index in [-0.39, 0.29) is 6.10 Å². The summed E-state index contributed by atoms with van der Waals surface area (Å²) in [4.78, 5) is 12.7. The van der Waals surface area contributed by atoms with Gasteiger partial charge in [-0.2, -0.15) is 0 Å². The molecule has 1 aliphatic rings. The molecule has 2 rings (SSSR count). The Labute approximate surface area is 123 Å². The minimum Gasteiger partial charge on any atom is -0.478 e. The van der Waals surface area contributed by atoms with Crippen molar-refractivity contribution in [3.8, 4) is 0 Å².